The van der Waals surface area contributed by atoms with Gasteiger partial charge in [-0.05, 0) is 105 Å². The van der Waals surface area contributed by atoms with Crippen LogP contribution in [0.1, 0.15) is 108 Å². The standard InChI is InChI=1S/C39H67NO5/c1-24(2)26(5)34(6)18-19-36(8)27-14-15-30-35(7)21-44-23-39(30,28(27)16-17-37(36,9)31(34)33(41)42)20-29(43-13)32(35)45-22-38(10,25(3)4)40(11)12/h16,24-27,29-32H,14-15,17-23H2,1-13H3,(H,41,42)/t26-,27+,29-,30+,31-,32+,34-,35-,36-,37+,38+,39+/m1/s1. The predicted octanol–water partition coefficient (Wildman–Crippen LogP) is 7.95. The second kappa shape index (κ2) is 11.6. The summed E-state index contributed by atoms with van der Waals surface area (Å²) in [4.78, 5) is 15.7. The van der Waals surface area contributed by atoms with Crippen molar-refractivity contribution in [2.24, 2.45) is 62.6 Å². The number of carboxylic acids is 1. The number of methoxy groups -OCH3 is 1. The summed E-state index contributed by atoms with van der Waals surface area (Å²) in [5, 5.41) is 11.0. The van der Waals surface area contributed by atoms with Crippen LogP contribution >= 0.6 is 0 Å². The molecule has 4 fully saturated rings. The summed E-state index contributed by atoms with van der Waals surface area (Å²) in [7, 11) is 6.19. The van der Waals surface area contributed by atoms with Crippen LogP contribution in [0.3, 0.4) is 0 Å². The van der Waals surface area contributed by atoms with Crippen LogP contribution < -0.4 is 0 Å². The van der Waals surface area contributed by atoms with Crippen molar-refractivity contribution in [2.45, 2.75) is 126 Å². The van der Waals surface area contributed by atoms with Gasteiger partial charge in [-0.25, -0.2) is 0 Å². The van der Waals surface area contributed by atoms with Crippen LogP contribution in [0.2, 0.25) is 0 Å². The van der Waals surface area contributed by atoms with Crippen molar-refractivity contribution in [3.63, 3.8) is 0 Å². The number of fused-ring (bicyclic) bond motifs is 3. The van der Waals surface area contributed by atoms with Gasteiger partial charge < -0.3 is 24.2 Å². The van der Waals surface area contributed by atoms with Gasteiger partial charge in [-0.2, -0.15) is 0 Å². The van der Waals surface area contributed by atoms with Crippen LogP contribution in [0.15, 0.2) is 11.6 Å². The van der Waals surface area contributed by atoms with Crippen molar-refractivity contribution in [1.29, 1.82) is 0 Å². The lowest BCUT2D eigenvalue weighted by molar-refractivity contribution is -0.271. The lowest BCUT2D eigenvalue weighted by Crippen LogP contribution is -2.70. The number of carbonyl (C=O) groups is 1. The molecule has 0 spiro atoms. The Kier molecular flexibility index (Phi) is 9.11. The van der Waals surface area contributed by atoms with Crippen LogP contribution in [-0.4, -0.2) is 74.7 Å². The zero-order chi connectivity index (χ0) is 33.5. The number of hydrogen-bond donors (Lipinski definition) is 1. The molecule has 1 N–H and O–H groups in total. The molecule has 0 radical (unpaired) electrons. The Morgan fingerprint density at radius 2 is 1.73 bits per heavy atom. The summed E-state index contributed by atoms with van der Waals surface area (Å²) in [6, 6.07) is 0. The molecule has 6 nitrogen and oxygen atoms in total. The quantitative estimate of drug-likeness (QED) is 0.261. The fourth-order valence-corrected chi connectivity index (χ4v) is 12.2. The fourth-order valence-electron chi connectivity index (χ4n) is 12.2. The van der Waals surface area contributed by atoms with Gasteiger partial charge in [-0.1, -0.05) is 74.0 Å². The van der Waals surface area contributed by atoms with Crippen LogP contribution in [0.4, 0.5) is 0 Å². The highest BCUT2D eigenvalue weighted by molar-refractivity contribution is 5.73. The minimum absolute atomic E-state index is 0.0113. The maximum atomic E-state index is 13.4. The van der Waals surface area contributed by atoms with Gasteiger partial charge in [0.1, 0.15) is 0 Å². The average molecular weight is 630 g/mol. The third-order valence-electron chi connectivity index (χ3n) is 16.2. The van der Waals surface area contributed by atoms with Crippen molar-refractivity contribution in [3.8, 4) is 0 Å². The van der Waals surface area contributed by atoms with E-state index in [1.165, 1.54) is 0 Å². The molecule has 258 valence electrons. The number of aliphatic carboxylic acids is 1. The second-order valence-corrected chi connectivity index (χ2v) is 18.5. The summed E-state index contributed by atoms with van der Waals surface area (Å²) in [5.74, 6) is 1.09. The van der Waals surface area contributed by atoms with Crippen LogP contribution in [0, 0.1) is 62.6 Å². The summed E-state index contributed by atoms with van der Waals surface area (Å²) < 4.78 is 20.1. The first kappa shape index (κ1) is 35.4. The lowest BCUT2D eigenvalue weighted by atomic mass is 9.34. The molecule has 3 saturated carbocycles. The van der Waals surface area contributed by atoms with Gasteiger partial charge in [0.15, 0.2) is 0 Å². The average Bonchev–Trinajstić information content (AvgIpc) is 2.95. The topological polar surface area (TPSA) is 68.2 Å². The van der Waals surface area contributed by atoms with Crippen molar-refractivity contribution in [1.82, 2.24) is 4.90 Å². The molecular formula is C39H67NO5. The van der Waals surface area contributed by atoms with E-state index >= 15 is 0 Å². The number of carboxylic acid groups (broad SMARTS) is 1. The minimum Gasteiger partial charge on any atom is -0.481 e. The highest BCUT2D eigenvalue weighted by Gasteiger charge is 2.71. The van der Waals surface area contributed by atoms with Crippen molar-refractivity contribution in [3.05, 3.63) is 11.6 Å². The van der Waals surface area contributed by atoms with E-state index in [0.29, 0.717) is 42.8 Å². The molecular weight excluding hydrogens is 562 g/mol. The molecule has 4 aliphatic carbocycles. The van der Waals surface area contributed by atoms with Gasteiger partial charge in [0.05, 0.1) is 37.9 Å². The molecule has 45 heavy (non-hydrogen) atoms. The van der Waals surface area contributed by atoms with Gasteiger partial charge in [0.25, 0.3) is 0 Å². The normalized spacial score (nSPS) is 46.6. The molecule has 0 aromatic rings. The Bertz CT molecular complexity index is 1160. The molecule has 1 aliphatic heterocycles. The molecule has 1 saturated heterocycles. The van der Waals surface area contributed by atoms with E-state index in [9.17, 15) is 9.90 Å². The first-order valence-corrected chi connectivity index (χ1v) is 18.1. The first-order valence-electron chi connectivity index (χ1n) is 18.1. The van der Waals surface area contributed by atoms with E-state index < -0.39 is 5.97 Å². The van der Waals surface area contributed by atoms with Crippen molar-refractivity contribution in [2.75, 3.05) is 41.0 Å². The monoisotopic (exact) mass is 630 g/mol. The van der Waals surface area contributed by atoms with E-state index in [4.69, 9.17) is 14.2 Å². The zero-order valence-corrected chi connectivity index (χ0v) is 31.1. The summed E-state index contributed by atoms with van der Waals surface area (Å²) in [6.07, 6.45) is 8.53. The van der Waals surface area contributed by atoms with Crippen LogP contribution in [0.25, 0.3) is 0 Å². The highest BCUT2D eigenvalue weighted by atomic mass is 16.5. The van der Waals surface area contributed by atoms with Gasteiger partial charge in [0, 0.05) is 23.5 Å². The number of likely N-dealkylation sites (N-methyl/N-ethyl adjacent to an activating group) is 1. The summed E-state index contributed by atoms with van der Waals surface area (Å²) >= 11 is 0. The van der Waals surface area contributed by atoms with Gasteiger partial charge >= 0.3 is 5.97 Å². The predicted molar refractivity (Wildman–Crippen MR) is 181 cm³/mol. The first-order chi connectivity index (χ1) is 20.8. The molecule has 6 heteroatoms. The maximum Gasteiger partial charge on any atom is 0.307 e. The summed E-state index contributed by atoms with van der Waals surface area (Å²) in [5.41, 5.74) is 0.629. The molecule has 5 rings (SSSR count). The van der Waals surface area contributed by atoms with Crippen LogP contribution in [-0.2, 0) is 19.0 Å². The van der Waals surface area contributed by atoms with Gasteiger partial charge in [-0.3, -0.25) is 4.79 Å². The molecule has 12 atom stereocenters. The maximum absolute atomic E-state index is 13.4. The second-order valence-electron chi connectivity index (χ2n) is 18.5. The Morgan fingerprint density at radius 3 is 2.29 bits per heavy atom. The smallest absolute Gasteiger partial charge is 0.307 e. The molecule has 1 heterocycles. The molecule has 2 bridgehead atoms. The molecule has 0 aromatic heterocycles. The van der Waals surface area contributed by atoms with E-state index in [0.717, 1.165) is 45.1 Å². The summed E-state index contributed by atoms with van der Waals surface area (Å²) in [6.45, 7) is 25.3. The van der Waals surface area contributed by atoms with Crippen molar-refractivity contribution < 1.29 is 24.1 Å². The third kappa shape index (κ3) is 4.79. The Balaban J connectivity index is 1.54. The van der Waals surface area contributed by atoms with E-state index in [1.54, 1.807) is 5.57 Å². The third-order valence-corrected chi connectivity index (χ3v) is 16.2. The van der Waals surface area contributed by atoms with Gasteiger partial charge in [-0.15, -0.1) is 0 Å². The van der Waals surface area contributed by atoms with Gasteiger partial charge in [0.2, 0.25) is 0 Å². The number of nitrogens with zero attached hydrogens (tertiary/aromatic N) is 1. The van der Waals surface area contributed by atoms with Crippen molar-refractivity contribution >= 4 is 5.97 Å². The lowest BCUT2D eigenvalue weighted by Gasteiger charge is -2.71. The molecule has 0 amide bonds. The number of rotatable bonds is 9. The number of ether oxygens (including phenoxy) is 3. The number of hydrogen-bond acceptors (Lipinski definition) is 5. The van der Waals surface area contributed by atoms with E-state index in [1.807, 2.05) is 7.11 Å². The van der Waals surface area contributed by atoms with E-state index in [-0.39, 0.29) is 50.7 Å². The molecule has 0 aromatic carbocycles. The Morgan fingerprint density at radius 1 is 1.07 bits per heavy atom. The SMILES string of the molecule is CO[C@@H]1C[C@@]23COC[C@](C)([C@@H]2CC[C@H]2C3=CC[C@@]3(C)[C@H](C(=O)O)[C@@](C)([C@H](C)C(C)C)CC[C@]23C)[C@H]1OC[C@@](C)(C(C)C)N(C)C. The largest absolute Gasteiger partial charge is 0.481 e. The van der Waals surface area contributed by atoms with Crippen LogP contribution in [0.5, 0.6) is 0 Å². The molecule has 5 aliphatic rings. The minimum atomic E-state index is -0.598. The fraction of sp³-hybridized carbons (Fsp3) is 0.923. The van der Waals surface area contributed by atoms with E-state index in [2.05, 4.69) is 94.3 Å². The zero-order valence-electron chi connectivity index (χ0n) is 31.1. The Labute approximate surface area is 275 Å². The Hall–Kier alpha value is -0.950. The highest BCUT2D eigenvalue weighted by Crippen LogP contribution is 2.75. The number of allylic oxidation sites excluding steroid dienone is 1. The molecule has 0 unspecified atom stereocenters.